The summed E-state index contributed by atoms with van der Waals surface area (Å²) in [6.45, 7) is 3.69. The number of aromatic nitrogens is 1. The fraction of sp³-hybridized carbons (Fsp3) is 0.353. The van der Waals surface area contributed by atoms with Crippen molar-refractivity contribution in [2.75, 3.05) is 33.3 Å². The van der Waals surface area contributed by atoms with E-state index in [9.17, 15) is 9.59 Å². The van der Waals surface area contributed by atoms with Crippen LogP contribution in [0.4, 0.5) is 0 Å². The highest BCUT2D eigenvalue weighted by Crippen LogP contribution is 2.17. The van der Waals surface area contributed by atoms with E-state index in [1.807, 2.05) is 0 Å². The van der Waals surface area contributed by atoms with Gasteiger partial charge in [0.2, 0.25) is 0 Å². The second-order valence-corrected chi connectivity index (χ2v) is 5.63. The first-order chi connectivity index (χ1) is 11.6. The van der Waals surface area contributed by atoms with Gasteiger partial charge in [-0.05, 0) is 25.1 Å². The zero-order valence-corrected chi connectivity index (χ0v) is 13.7. The standard InChI is InChI=1S/C17H19N3O4/c1-12-15(11-24-18-12)17(22)20-8-6-19(7-9-20)16(21)13-4-3-5-14(10-13)23-2/h3-5,10-11H,6-9H2,1-2H3. The summed E-state index contributed by atoms with van der Waals surface area (Å²) in [6.07, 6.45) is 1.37. The number of aryl methyl sites for hydroxylation is 1. The van der Waals surface area contributed by atoms with Gasteiger partial charge in [0.15, 0.2) is 0 Å². The zero-order chi connectivity index (χ0) is 17.1. The number of piperazine rings is 1. The van der Waals surface area contributed by atoms with Crippen molar-refractivity contribution in [2.24, 2.45) is 0 Å². The molecule has 2 amide bonds. The average molecular weight is 329 g/mol. The maximum atomic E-state index is 12.6. The van der Waals surface area contributed by atoms with Crippen molar-refractivity contribution in [1.82, 2.24) is 15.0 Å². The van der Waals surface area contributed by atoms with Crippen LogP contribution < -0.4 is 4.74 Å². The van der Waals surface area contributed by atoms with Crippen LogP contribution in [-0.2, 0) is 0 Å². The Bertz CT molecular complexity index is 748. The summed E-state index contributed by atoms with van der Waals surface area (Å²) < 4.78 is 9.98. The van der Waals surface area contributed by atoms with Gasteiger partial charge in [-0.25, -0.2) is 0 Å². The summed E-state index contributed by atoms with van der Waals surface area (Å²) in [4.78, 5) is 28.5. The summed E-state index contributed by atoms with van der Waals surface area (Å²) in [5.41, 5.74) is 1.64. The molecule has 2 aromatic rings. The Morgan fingerprint density at radius 1 is 1.12 bits per heavy atom. The average Bonchev–Trinajstić information content (AvgIpc) is 3.06. The van der Waals surface area contributed by atoms with Gasteiger partial charge in [0.05, 0.1) is 12.8 Å². The minimum absolute atomic E-state index is 0.0536. The molecule has 2 heterocycles. The molecule has 1 saturated heterocycles. The van der Waals surface area contributed by atoms with Crippen molar-refractivity contribution in [3.63, 3.8) is 0 Å². The normalized spacial score (nSPS) is 14.6. The minimum atomic E-state index is -0.109. The van der Waals surface area contributed by atoms with E-state index in [-0.39, 0.29) is 11.8 Å². The fourth-order valence-corrected chi connectivity index (χ4v) is 2.72. The lowest BCUT2D eigenvalue weighted by Gasteiger charge is -2.34. The molecule has 1 aromatic heterocycles. The molecule has 0 atom stereocenters. The van der Waals surface area contributed by atoms with Gasteiger partial charge in [0, 0.05) is 31.7 Å². The van der Waals surface area contributed by atoms with E-state index < -0.39 is 0 Å². The van der Waals surface area contributed by atoms with E-state index in [2.05, 4.69) is 5.16 Å². The van der Waals surface area contributed by atoms with Crippen molar-refractivity contribution in [2.45, 2.75) is 6.92 Å². The summed E-state index contributed by atoms with van der Waals surface area (Å²) >= 11 is 0. The number of ether oxygens (including phenoxy) is 1. The largest absolute Gasteiger partial charge is 0.497 e. The molecule has 1 aromatic carbocycles. The van der Waals surface area contributed by atoms with Gasteiger partial charge in [-0.2, -0.15) is 0 Å². The highest BCUT2D eigenvalue weighted by molar-refractivity contribution is 5.96. The molecule has 0 saturated carbocycles. The Balaban J connectivity index is 1.63. The predicted octanol–water partition coefficient (Wildman–Crippen LogP) is 1.59. The highest BCUT2D eigenvalue weighted by Gasteiger charge is 2.27. The molecule has 0 unspecified atom stereocenters. The van der Waals surface area contributed by atoms with Gasteiger partial charge in [-0.1, -0.05) is 11.2 Å². The first kappa shape index (κ1) is 16.0. The molecular weight excluding hydrogens is 310 g/mol. The van der Waals surface area contributed by atoms with E-state index in [0.29, 0.717) is 48.7 Å². The number of amides is 2. The van der Waals surface area contributed by atoms with Crippen LogP contribution in [0.1, 0.15) is 26.4 Å². The summed E-state index contributed by atoms with van der Waals surface area (Å²) in [5, 5.41) is 3.73. The molecule has 1 aliphatic heterocycles. The first-order valence-electron chi connectivity index (χ1n) is 7.73. The lowest BCUT2D eigenvalue weighted by Crippen LogP contribution is -2.50. The topological polar surface area (TPSA) is 75.9 Å². The number of rotatable bonds is 3. The lowest BCUT2D eigenvalue weighted by atomic mass is 10.1. The molecule has 0 bridgehead atoms. The van der Waals surface area contributed by atoms with Crippen molar-refractivity contribution in [3.05, 3.63) is 47.3 Å². The van der Waals surface area contributed by atoms with Gasteiger partial charge in [-0.3, -0.25) is 9.59 Å². The third-order valence-electron chi connectivity index (χ3n) is 4.15. The lowest BCUT2D eigenvalue weighted by molar-refractivity contribution is 0.0534. The Kier molecular flexibility index (Phi) is 4.50. The smallest absolute Gasteiger partial charge is 0.259 e. The molecule has 1 fully saturated rings. The second kappa shape index (κ2) is 6.74. The van der Waals surface area contributed by atoms with Crippen molar-refractivity contribution in [1.29, 1.82) is 0 Å². The number of carbonyl (C=O) groups excluding carboxylic acids is 2. The van der Waals surface area contributed by atoms with Crippen molar-refractivity contribution in [3.8, 4) is 5.75 Å². The van der Waals surface area contributed by atoms with E-state index in [4.69, 9.17) is 9.26 Å². The van der Waals surface area contributed by atoms with Gasteiger partial charge in [0.25, 0.3) is 11.8 Å². The van der Waals surface area contributed by atoms with Gasteiger partial charge in [0.1, 0.15) is 17.6 Å². The van der Waals surface area contributed by atoms with Crippen LogP contribution in [-0.4, -0.2) is 60.1 Å². The van der Waals surface area contributed by atoms with Crippen LogP contribution in [0.25, 0.3) is 0 Å². The number of benzene rings is 1. The summed E-state index contributed by atoms with van der Waals surface area (Å²) in [5.74, 6) is 0.488. The van der Waals surface area contributed by atoms with Gasteiger partial charge in [-0.15, -0.1) is 0 Å². The number of hydrogen-bond acceptors (Lipinski definition) is 5. The fourth-order valence-electron chi connectivity index (χ4n) is 2.72. The molecule has 1 aliphatic rings. The van der Waals surface area contributed by atoms with E-state index in [1.54, 1.807) is 48.1 Å². The Morgan fingerprint density at radius 3 is 2.38 bits per heavy atom. The number of hydrogen-bond donors (Lipinski definition) is 0. The van der Waals surface area contributed by atoms with Crippen LogP contribution in [0.5, 0.6) is 5.75 Å². The van der Waals surface area contributed by atoms with Crippen LogP contribution in [0.2, 0.25) is 0 Å². The third kappa shape index (κ3) is 3.10. The summed E-state index contributed by atoms with van der Waals surface area (Å²) in [7, 11) is 1.57. The van der Waals surface area contributed by atoms with E-state index in [1.165, 1.54) is 6.26 Å². The molecule has 3 rings (SSSR count). The molecule has 0 aliphatic carbocycles. The molecule has 0 spiro atoms. The van der Waals surface area contributed by atoms with E-state index in [0.717, 1.165) is 0 Å². The van der Waals surface area contributed by atoms with Crippen LogP contribution >= 0.6 is 0 Å². The molecule has 0 N–H and O–H groups in total. The molecule has 0 radical (unpaired) electrons. The quantitative estimate of drug-likeness (QED) is 0.855. The van der Waals surface area contributed by atoms with Crippen molar-refractivity contribution < 1.29 is 18.8 Å². The zero-order valence-electron chi connectivity index (χ0n) is 13.7. The molecule has 24 heavy (non-hydrogen) atoms. The second-order valence-electron chi connectivity index (χ2n) is 5.63. The van der Waals surface area contributed by atoms with E-state index >= 15 is 0 Å². The molecule has 126 valence electrons. The highest BCUT2D eigenvalue weighted by atomic mass is 16.5. The molecule has 7 nitrogen and oxygen atoms in total. The Hall–Kier alpha value is -2.83. The number of nitrogens with zero attached hydrogens (tertiary/aromatic N) is 3. The maximum absolute atomic E-state index is 12.6. The Morgan fingerprint density at radius 2 is 1.79 bits per heavy atom. The minimum Gasteiger partial charge on any atom is -0.497 e. The Labute approximate surface area is 139 Å². The van der Waals surface area contributed by atoms with Crippen LogP contribution in [0.3, 0.4) is 0 Å². The third-order valence-corrected chi connectivity index (χ3v) is 4.15. The molecule has 7 heteroatoms. The van der Waals surface area contributed by atoms with Crippen LogP contribution in [0.15, 0.2) is 35.1 Å². The number of carbonyl (C=O) groups is 2. The monoisotopic (exact) mass is 329 g/mol. The van der Waals surface area contributed by atoms with Crippen LogP contribution in [0, 0.1) is 6.92 Å². The summed E-state index contributed by atoms with van der Waals surface area (Å²) in [6, 6.07) is 7.08. The van der Waals surface area contributed by atoms with Crippen molar-refractivity contribution >= 4 is 11.8 Å². The number of methoxy groups -OCH3 is 1. The van der Waals surface area contributed by atoms with Gasteiger partial charge < -0.3 is 19.1 Å². The predicted molar refractivity (Wildman–Crippen MR) is 86.0 cm³/mol. The maximum Gasteiger partial charge on any atom is 0.259 e. The van der Waals surface area contributed by atoms with Gasteiger partial charge >= 0.3 is 0 Å². The first-order valence-corrected chi connectivity index (χ1v) is 7.73. The SMILES string of the molecule is COc1cccc(C(=O)N2CCN(C(=O)c3conc3C)CC2)c1. The molecular formula is C17H19N3O4.